The van der Waals surface area contributed by atoms with Crippen molar-refractivity contribution in [2.75, 3.05) is 6.61 Å². The zero-order chi connectivity index (χ0) is 12.7. The molecule has 1 unspecified atom stereocenters. The molecule has 0 saturated carbocycles. The lowest BCUT2D eigenvalue weighted by Gasteiger charge is -2.16. The summed E-state index contributed by atoms with van der Waals surface area (Å²) < 4.78 is 10.4. The second-order valence-corrected chi connectivity index (χ2v) is 3.37. The summed E-state index contributed by atoms with van der Waals surface area (Å²) in [6, 6.07) is 8.84. The van der Waals surface area contributed by atoms with Gasteiger partial charge >= 0.3 is 5.97 Å². The summed E-state index contributed by atoms with van der Waals surface area (Å²) in [5.41, 5.74) is 0.412. The molecule has 4 heteroatoms. The van der Waals surface area contributed by atoms with E-state index in [0.29, 0.717) is 24.3 Å². The van der Waals surface area contributed by atoms with E-state index in [1.54, 1.807) is 31.2 Å². The van der Waals surface area contributed by atoms with E-state index in [1.165, 1.54) is 0 Å². The zero-order valence-electron chi connectivity index (χ0n) is 9.97. The van der Waals surface area contributed by atoms with Gasteiger partial charge in [-0.05, 0) is 25.5 Å². The van der Waals surface area contributed by atoms with E-state index in [4.69, 9.17) is 14.7 Å². The lowest BCUT2D eigenvalue weighted by molar-refractivity contribution is -0.151. The average Bonchev–Trinajstić information content (AvgIpc) is 2.36. The van der Waals surface area contributed by atoms with Gasteiger partial charge in [0.25, 0.3) is 0 Å². The number of nitrogens with zero attached hydrogens (tertiary/aromatic N) is 1. The molecule has 0 N–H and O–H groups in total. The Morgan fingerprint density at radius 3 is 2.71 bits per heavy atom. The van der Waals surface area contributed by atoms with E-state index < -0.39 is 12.1 Å². The average molecular weight is 233 g/mol. The smallest absolute Gasteiger partial charge is 0.347 e. The molecule has 1 atom stereocenters. The van der Waals surface area contributed by atoms with Crippen LogP contribution in [-0.4, -0.2) is 18.7 Å². The molecule has 0 fully saturated rings. The first-order valence-corrected chi connectivity index (χ1v) is 5.55. The van der Waals surface area contributed by atoms with Crippen LogP contribution in [0.25, 0.3) is 0 Å². The minimum absolute atomic E-state index is 0.318. The lowest BCUT2D eigenvalue weighted by atomic mass is 10.2. The molecule has 0 aliphatic heterocycles. The van der Waals surface area contributed by atoms with Crippen LogP contribution in [0.4, 0.5) is 0 Å². The Hall–Kier alpha value is -2.02. The number of nitriles is 1. The van der Waals surface area contributed by atoms with Crippen molar-refractivity contribution < 1.29 is 14.3 Å². The topological polar surface area (TPSA) is 59.3 Å². The Morgan fingerprint density at radius 2 is 2.12 bits per heavy atom. The van der Waals surface area contributed by atoms with Gasteiger partial charge in [0.1, 0.15) is 11.8 Å². The molecule has 1 aromatic rings. The molecule has 0 amide bonds. The van der Waals surface area contributed by atoms with E-state index in [1.807, 2.05) is 13.0 Å². The highest BCUT2D eigenvalue weighted by atomic mass is 16.6. The molecular weight excluding hydrogens is 218 g/mol. The van der Waals surface area contributed by atoms with Gasteiger partial charge in [0.2, 0.25) is 0 Å². The molecule has 4 nitrogen and oxygen atoms in total. The Balaban J connectivity index is 2.81. The highest BCUT2D eigenvalue weighted by Crippen LogP contribution is 2.19. The van der Waals surface area contributed by atoms with Crippen LogP contribution >= 0.6 is 0 Å². The van der Waals surface area contributed by atoms with E-state index >= 15 is 0 Å². The molecule has 0 aliphatic rings. The van der Waals surface area contributed by atoms with Crippen molar-refractivity contribution in [3.05, 3.63) is 29.8 Å². The molecular formula is C13H15NO3. The number of hydrogen-bond acceptors (Lipinski definition) is 4. The molecule has 0 saturated heterocycles. The quantitative estimate of drug-likeness (QED) is 0.732. The summed E-state index contributed by atoms with van der Waals surface area (Å²) in [5.74, 6) is 0.0117. The van der Waals surface area contributed by atoms with Gasteiger partial charge in [0, 0.05) is 0 Å². The number of para-hydroxylation sites is 1. The van der Waals surface area contributed by atoms with Gasteiger partial charge in [-0.15, -0.1) is 0 Å². The number of ether oxygens (including phenoxy) is 2. The standard InChI is InChI=1S/C13H15NO3/c1-3-11(13(15)16-4-2)17-12-8-6-5-7-10(12)9-14/h5-8,11H,3-4H2,1-2H3. The second-order valence-electron chi connectivity index (χ2n) is 3.37. The Morgan fingerprint density at radius 1 is 1.41 bits per heavy atom. The predicted molar refractivity (Wildman–Crippen MR) is 62.5 cm³/mol. The largest absolute Gasteiger partial charge is 0.477 e. The third-order valence-corrected chi connectivity index (χ3v) is 2.20. The summed E-state index contributed by atoms with van der Waals surface area (Å²) in [7, 11) is 0. The van der Waals surface area contributed by atoms with E-state index in [-0.39, 0.29) is 0 Å². The van der Waals surface area contributed by atoms with Crippen molar-refractivity contribution >= 4 is 5.97 Å². The van der Waals surface area contributed by atoms with Gasteiger partial charge in [-0.1, -0.05) is 19.1 Å². The number of esters is 1. The van der Waals surface area contributed by atoms with Crippen LogP contribution < -0.4 is 4.74 Å². The molecule has 90 valence electrons. The minimum Gasteiger partial charge on any atom is -0.477 e. The van der Waals surface area contributed by atoms with Crippen molar-refractivity contribution in [1.29, 1.82) is 5.26 Å². The second kappa shape index (κ2) is 6.54. The maximum Gasteiger partial charge on any atom is 0.347 e. The third kappa shape index (κ3) is 3.49. The fourth-order valence-corrected chi connectivity index (χ4v) is 1.35. The number of benzene rings is 1. The van der Waals surface area contributed by atoms with E-state index in [2.05, 4.69) is 0 Å². The minimum atomic E-state index is -0.663. The predicted octanol–water partition coefficient (Wildman–Crippen LogP) is 2.28. The van der Waals surface area contributed by atoms with Crippen molar-refractivity contribution in [2.24, 2.45) is 0 Å². The molecule has 1 rings (SSSR count). The van der Waals surface area contributed by atoms with Crippen molar-refractivity contribution in [2.45, 2.75) is 26.4 Å². The fourth-order valence-electron chi connectivity index (χ4n) is 1.35. The van der Waals surface area contributed by atoms with Gasteiger partial charge in [0.05, 0.1) is 12.2 Å². The van der Waals surface area contributed by atoms with Gasteiger partial charge in [-0.3, -0.25) is 0 Å². The van der Waals surface area contributed by atoms with Gasteiger partial charge < -0.3 is 9.47 Å². The molecule has 0 aromatic heterocycles. The molecule has 0 bridgehead atoms. The van der Waals surface area contributed by atoms with Crippen LogP contribution in [0.15, 0.2) is 24.3 Å². The van der Waals surface area contributed by atoms with Crippen molar-refractivity contribution in [3.8, 4) is 11.8 Å². The number of hydrogen-bond donors (Lipinski definition) is 0. The Labute approximate surface area is 101 Å². The fraction of sp³-hybridized carbons (Fsp3) is 0.385. The van der Waals surface area contributed by atoms with Crippen LogP contribution in [0, 0.1) is 11.3 Å². The molecule has 17 heavy (non-hydrogen) atoms. The van der Waals surface area contributed by atoms with Crippen LogP contribution in [0.1, 0.15) is 25.8 Å². The molecule has 1 aromatic carbocycles. The monoisotopic (exact) mass is 233 g/mol. The summed E-state index contributed by atoms with van der Waals surface area (Å²) in [4.78, 5) is 11.5. The highest BCUT2D eigenvalue weighted by Gasteiger charge is 2.20. The number of rotatable bonds is 5. The molecule has 0 heterocycles. The van der Waals surface area contributed by atoms with E-state index in [0.717, 1.165) is 0 Å². The van der Waals surface area contributed by atoms with Crippen LogP contribution in [-0.2, 0) is 9.53 Å². The zero-order valence-corrected chi connectivity index (χ0v) is 9.97. The Bertz CT molecular complexity index is 423. The van der Waals surface area contributed by atoms with Gasteiger partial charge in [-0.2, -0.15) is 5.26 Å². The summed E-state index contributed by atoms with van der Waals surface area (Å²) >= 11 is 0. The summed E-state index contributed by atoms with van der Waals surface area (Å²) in [5, 5.41) is 8.90. The first-order valence-electron chi connectivity index (χ1n) is 5.55. The maximum absolute atomic E-state index is 11.5. The van der Waals surface area contributed by atoms with Crippen LogP contribution in [0.3, 0.4) is 0 Å². The van der Waals surface area contributed by atoms with Gasteiger partial charge in [-0.25, -0.2) is 4.79 Å². The normalized spacial score (nSPS) is 11.4. The SMILES string of the molecule is CCOC(=O)C(CC)Oc1ccccc1C#N. The van der Waals surface area contributed by atoms with Crippen LogP contribution in [0.5, 0.6) is 5.75 Å². The molecule has 0 aliphatic carbocycles. The summed E-state index contributed by atoms with van der Waals surface area (Å²) in [6.45, 7) is 3.89. The molecule has 0 radical (unpaired) electrons. The lowest BCUT2D eigenvalue weighted by Crippen LogP contribution is -2.28. The number of carbonyl (C=O) groups excluding carboxylic acids is 1. The molecule has 0 spiro atoms. The third-order valence-electron chi connectivity index (χ3n) is 2.20. The first kappa shape index (κ1) is 13.0. The van der Waals surface area contributed by atoms with Crippen LogP contribution in [0.2, 0.25) is 0 Å². The highest BCUT2D eigenvalue weighted by molar-refractivity contribution is 5.75. The van der Waals surface area contributed by atoms with Crippen molar-refractivity contribution in [3.63, 3.8) is 0 Å². The number of carbonyl (C=O) groups is 1. The van der Waals surface area contributed by atoms with Crippen molar-refractivity contribution in [1.82, 2.24) is 0 Å². The Kier molecular flexibility index (Phi) is 5.02. The van der Waals surface area contributed by atoms with E-state index in [9.17, 15) is 4.79 Å². The van der Waals surface area contributed by atoms with Gasteiger partial charge in [0.15, 0.2) is 6.10 Å². The first-order chi connectivity index (χ1) is 8.22. The maximum atomic E-state index is 11.5. The summed E-state index contributed by atoms with van der Waals surface area (Å²) in [6.07, 6.45) is -0.164.